The predicted octanol–water partition coefficient (Wildman–Crippen LogP) is 2.48. The fourth-order valence-corrected chi connectivity index (χ4v) is 5.13. The van der Waals surface area contributed by atoms with Gasteiger partial charge in [-0.1, -0.05) is 44.2 Å². The standard InChI is InChI=1S/C22H26N4O3S/c1-17(2)18-7-9-20(10-8-18)30(28,29)25-13-11-24(12-14-25)16-26-22(27)21-6-4-3-5-19(21)15-23-26/h3-10,15,17H,11-14,16H2,1-2H3. The van der Waals surface area contributed by atoms with E-state index in [-0.39, 0.29) is 5.56 Å². The fourth-order valence-electron chi connectivity index (χ4n) is 3.70. The summed E-state index contributed by atoms with van der Waals surface area (Å²) in [5.41, 5.74) is 0.987. The smallest absolute Gasteiger partial charge is 0.275 e. The van der Waals surface area contributed by atoms with Gasteiger partial charge in [0.2, 0.25) is 10.0 Å². The molecule has 1 saturated heterocycles. The molecule has 0 N–H and O–H groups in total. The summed E-state index contributed by atoms with van der Waals surface area (Å²) < 4.78 is 28.9. The summed E-state index contributed by atoms with van der Waals surface area (Å²) in [6, 6.07) is 14.5. The van der Waals surface area contributed by atoms with Gasteiger partial charge in [-0.05, 0) is 29.7 Å². The normalized spacial score (nSPS) is 16.4. The third-order valence-electron chi connectivity index (χ3n) is 5.61. The van der Waals surface area contributed by atoms with Crippen molar-refractivity contribution in [2.75, 3.05) is 26.2 Å². The first-order valence-electron chi connectivity index (χ1n) is 10.1. The Kier molecular flexibility index (Phi) is 5.73. The summed E-state index contributed by atoms with van der Waals surface area (Å²) in [5.74, 6) is 0.359. The van der Waals surface area contributed by atoms with Crippen LogP contribution in [0, 0.1) is 0 Å². The number of fused-ring (bicyclic) bond motifs is 1. The Morgan fingerprint density at radius 2 is 1.63 bits per heavy atom. The van der Waals surface area contributed by atoms with Crippen LogP contribution in [-0.4, -0.2) is 53.6 Å². The molecule has 0 unspecified atom stereocenters. The Balaban J connectivity index is 1.43. The van der Waals surface area contributed by atoms with Crippen molar-refractivity contribution >= 4 is 20.8 Å². The Bertz CT molecular complexity index is 1200. The Morgan fingerprint density at radius 3 is 2.30 bits per heavy atom. The number of hydrogen-bond donors (Lipinski definition) is 0. The fraction of sp³-hybridized carbons (Fsp3) is 0.364. The molecule has 0 radical (unpaired) electrons. The minimum absolute atomic E-state index is 0.131. The summed E-state index contributed by atoms with van der Waals surface area (Å²) in [6.45, 7) is 6.37. The minimum Gasteiger partial charge on any atom is -0.282 e. The number of benzene rings is 2. The highest BCUT2D eigenvalue weighted by Crippen LogP contribution is 2.21. The molecule has 1 aromatic heterocycles. The van der Waals surface area contributed by atoms with Crippen molar-refractivity contribution in [3.63, 3.8) is 0 Å². The predicted molar refractivity (Wildman–Crippen MR) is 117 cm³/mol. The lowest BCUT2D eigenvalue weighted by Gasteiger charge is -2.33. The summed E-state index contributed by atoms with van der Waals surface area (Å²) in [5, 5.41) is 5.72. The molecule has 3 aromatic rings. The second kappa shape index (κ2) is 8.29. The number of sulfonamides is 1. The maximum Gasteiger partial charge on any atom is 0.275 e. The van der Waals surface area contributed by atoms with E-state index in [0.29, 0.717) is 49.0 Å². The van der Waals surface area contributed by atoms with Crippen LogP contribution in [-0.2, 0) is 16.7 Å². The van der Waals surface area contributed by atoms with E-state index in [2.05, 4.69) is 23.8 Å². The zero-order chi connectivity index (χ0) is 21.3. The molecule has 7 nitrogen and oxygen atoms in total. The summed E-state index contributed by atoms with van der Waals surface area (Å²) in [6.07, 6.45) is 1.69. The van der Waals surface area contributed by atoms with Crippen molar-refractivity contribution in [1.29, 1.82) is 0 Å². The Labute approximate surface area is 176 Å². The number of rotatable bonds is 5. The second-order valence-corrected chi connectivity index (χ2v) is 9.86. The largest absolute Gasteiger partial charge is 0.282 e. The molecule has 2 aromatic carbocycles. The molecule has 0 aliphatic carbocycles. The SMILES string of the molecule is CC(C)c1ccc(S(=O)(=O)N2CCN(Cn3ncc4ccccc4c3=O)CC2)cc1. The van der Waals surface area contributed by atoms with Gasteiger partial charge in [0.15, 0.2) is 0 Å². The van der Waals surface area contributed by atoms with E-state index >= 15 is 0 Å². The molecular weight excluding hydrogens is 400 g/mol. The van der Waals surface area contributed by atoms with E-state index < -0.39 is 10.0 Å². The molecular formula is C22H26N4O3S. The third-order valence-corrected chi connectivity index (χ3v) is 7.52. The van der Waals surface area contributed by atoms with Crippen LogP contribution in [0.1, 0.15) is 25.3 Å². The number of aromatic nitrogens is 2. The van der Waals surface area contributed by atoms with E-state index in [9.17, 15) is 13.2 Å². The van der Waals surface area contributed by atoms with Crippen molar-refractivity contribution in [2.45, 2.75) is 31.3 Å². The topological polar surface area (TPSA) is 75.5 Å². The highest BCUT2D eigenvalue weighted by Gasteiger charge is 2.28. The molecule has 1 aliphatic rings. The average Bonchev–Trinajstić information content (AvgIpc) is 2.76. The monoisotopic (exact) mass is 426 g/mol. The van der Waals surface area contributed by atoms with Crippen LogP contribution in [0.15, 0.2) is 64.4 Å². The van der Waals surface area contributed by atoms with Gasteiger partial charge in [-0.25, -0.2) is 13.1 Å². The van der Waals surface area contributed by atoms with Crippen LogP contribution in [0.3, 0.4) is 0 Å². The maximum atomic E-state index is 13.0. The third kappa shape index (κ3) is 4.03. The van der Waals surface area contributed by atoms with E-state index in [0.717, 1.165) is 10.9 Å². The van der Waals surface area contributed by atoms with Crippen LogP contribution < -0.4 is 5.56 Å². The van der Waals surface area contributed by atoms with Gasteiger partial charge in [-0.2, -0.15) is 9.40 Å². The molecule has 2 heterocycles. The minimum atomic E-state index is -3.52. The Morgan fingerprint density at radius 1 is 0.967 bits per heavy atom. The molecule has 0 spiro atoms. The molecule has 0 saturated carbocycles. The van der Waals surface area contributed by atoms with Gasteiger partial charge < -0.3 is 0 Å². The summed E-state index contributed by atoms with van der Waals surface area (Å²) in [7, 11) is -3.52. The van der Waals surface area contributed by atoms with Gasteiger partial charge in [0.05, 0.1) is 23.1 Å². The summed E-state index contributed by atoms with van der Waals surface area (Å²) in [4.78, 5) is 15.0. The van der Waals surface area contributed by atoms with Crippen LogP contribution in [0.5, 0.6) is 0 Å². The highest BCUT2D eigenvalue weighted by molar-refractivity contribution is 7.89. The lowest BCUT2D eigenvalue weighted by Crippen LogP contribution is -2.49. The van der Waals surface area contributed by atoms with E-state index in [1.807, 2.05) is 30.3 Å². The van der Waals surface area contributed by atoms with Crippen LogP contribution in [0.25, 0.3) is 10.8 Å². The molecule has 0 amide bonds. The Hall–Kier alpha value is -2.55. The lowest BCUT2D eigenvalue weighted by atomic mass is 10.0. The second-order valence-electron chi connectivity index (χ2n) is 7.92. The molecule has 1 aliphatic heterocycles. The molecule has 0 bridgehead atoms. The van der Waals surface area contributed by atoms with Gasteiger partial charge >= 0.3 is 0 Å². The quantitative estimate of drug-likeness (QED) is 0.627. The summed E-state index contributed by atoms with van der Waals surface area (Å²) >= 11 is 0. The van der Waals surface area contributed by atoms with Gasteiger partial charge in [0.1, 0.15) is 0 Å². The maximum absolute atomic E-state index is 13.0. The number of hydrogen-bond acceptors (Lipinski definition) is 5. The van der Waals surface area contributed by atoms with E-state index in [1.54, 1.807) is 24.4 Å². The van der Waals surface area contributed by atoms with Crippen molar-refractivity contribution in [1.82, 2.24) is 19.0 Å². The lowest BCUT2D eigenvalue weighted by molar-refractivity contribution is 0.143. The molecule has 8 heteroatoms. The molecule has 158 valence electrons. The van der Waals surface area contributed by atoms with Crippen LogP contribution >= 0.6 is 0 Å². The first-order chi connectivity index (χ1) is 14.4. The van der Waals surface area contributed by atoms with Crippen molar-refractivity contribution in [3.8, 4) is 0 Å². The zero-order valence-corrected chi connectivity index (χ0v) is 18.0. The highest BCUT2D eigenvalue weighted by atomic mass is 32.2. The first kappa shape index (κ1) is 20.7. The van der Waals surface area contributed by atoms with Crippen molar-refractivity contribution in [2.24, 2.45) is 0 Å². The van der Waals surface area contributed by atoms with Gasteiger partial charge in [-0.3, -0.25) is 9.69 Å². The van der Waals surface area contributed by atoms with Crippen LogP contribution in [0.4, 0.5) is 0 Å². The first-order valence-corrected chi connectivity index (χ1v) is 11.6. The van der Waals surface area contributed by atoms with E-state index in [4.69, 9.17) is 0 Å². The zero-order valence-electron chi connectivity index (χ0n) is 17.2. The van der Waals surface area contributed by atoms with Crippen molar-refractivity contribution < 1.29 is 8.42 Å². The number of nitrogens with zero attached hydrogens (tertiary/aromatic N) is 4. The van der Waals surface area contributed by atoms with E-state index in [1.165, 1.54) is 8.99 Å². The van der Waals surface area contributed by atoms with Gasteiger partial charge in [0.25, 0.3) is 5.56 Å². The average molecular weight is 427 g/mol. The van der Waals surface area contributed by atoms with Crippen molar-refractivity contribution in [3.05, 3.63) is 70.6 Å². The molecule has 1 fully saturated rings. The molecule has 4 rings (SSSR count). The molecule has 0 atom stereocenters. The van der Waals surface area contributed by atoms with Gasteiger partial charge in [-0.15, -0.1) is 0 Å². The number of piperazine rings is 1. The molecule has 30 heavy (non-hydrogen) atoms. The van der Waals surface area contributed by atoms with Gasteiger partial charge in [0, 0.05) is 31.6 Å². The van der Waals surface area contributed by atoms with Crippen LogP contribution in [0.2, 0.25) is 0 Å².